The van der Waals surface area contributed by atoms with Crippen LogP contribution < -0.4 is 10.6 Å². The zero-order valence-corrected chi connectivity index (χ0v) is 13.4. The van der Waals surface area contributed by atoms with Gasteiger partial charge in [0.05, 0.1) is 10.5 Å². The standard InChI is InChI=1S/C17H11ClN2O2S/c18-10-7-5-9(6-8-10)17-20-16(22)14(23-17)13-11-3-1-2-4-12(11)19-15(13)21/h1-8,17H,(H,19,21)(H,20,22)/b14-13+. The molecule has 0 spiro atoms. The van der Waals surface area contributed by atoms with Gasteiger partial charge >= 0.3 is 0 Å². The number of carbonyl (C=O) groups is 2. The Balaban J connectivity index is 1.74. The molecule has 0 bridgehead atoms. The van der Waals surface area contributed by atoms with Gasteiger partial charge in [-0.05, 0) is 23.8 Å². The molecular formula is C17H11ClN2O2S. The minimum Gasteiger partial charge on any atom is -0.335 e. The zero-order valence-electron chi connectivity index (χ0n) is 11.8. The summed E-state index contributed by atoms with van der Waals surface area (Å²) < 4.78 is 0. The van der Waals surface area contributed by atoms with Crippen LogP contribution in [0.25, 0.3) is 5.57 Å². The number of amides is 2. The van der Waals surface area contributed by atoms with E-state index in [-0.39, 0.29) is 17.2 Å². The molecule has 2 heterocycles. The fraction of sp³-hybridized carbons (Fsp3) is 0.0588. The maximum absolute atomic E-state index is 12.4. The van der Waals surface area contributed by atoms with E-state index in [9.17, 15) is 9.59 Å². The number of hydrogen-bond donors (Lipinski definition) is 2. The number of benzene rings is 2. The number of hydrogen-bond acceptors (Lipinski definition) is 3. The van der Waals surface area contributed by atoms with Gasteiger partial charge in [0.1, 0.15) is 5.37 Å². The first-order valence-electron chi connectivity index (χ1n) is 7.01. The molecule has 1 fully saturated rings. The molecule has 2 aromatic rings. The summed E-state index contributed by atoms with van der Waals surface area (Å²) in [4.78, 5) is 25.1. The van der Waals surface area contributed by atoms with E-state index >= 15 is 0 Å². The number of anilines is 1. The summed E-state index contributed by atoms with van der Waals surface area (Å²) in [5.41, 5.74) is 2.89. The van der Waals surface area contributed by atoms with Gasteiger partial charge < -0.3 is 10.6 Å². The fourth-order valence-electron chi connectivity index (χ4n) is 2.69. The molecule has 0 radical (unpaired) electrons. The van der Waals surface area contributed by atoms with Crippen molar-refractivity contribution in [2.75, 3.05) is 5.32 Å². The van der Waals surface area contributed by atoms with E-state index in [1.165, 1.54) is 11.8 Å². The topological polar surface area (TPSA) is 58.2 Å². The molecule has 114 valence electrons. The van der Waals surface area contributed by atoms with Gasteiger partial charge in [-0.1, -0.05) is 53.7 Å². The molecule has 0 aromatic heterocycles. The van der Waals surface area contributed by atoms with Crippen molar-refractivity contribution >= 4 is 46.4 Å². The van der Waals surface area contributed by atoms with Crippen LogP contribution in [-0.2, 0) is 9.59 Å². The van der Waals surface area contributed by atoms with E-state index in [1.807, 2.05) is 36.4 Å². The van der Waals surface area contributed by atoms with Gasteiger partial charge in [-0.3, -0.25) is 9.59 Å². The fourth-order valence-corrected chi connectivity index (χ4v) is 4.00. The Hall–Kier alpha value is -2.24. The molecule has 1 atom stereocenters. The summed E-state index contributed by atoms with van der Waals surface area (Å²) in [6.45, 7) is 0. The van der Waals surface area contributed by atoms with E-state index in [2.05, 4.69) is 10.6 Å². The van der Waals surface area contributed by atoms with Crippen molar-refractivity contribution in [1.29, 1.82) is 0 Å². The van der Waals surface area contributed by atoms with Gasteiger partial charge in [0.25, 0.3) is 11.8 Å². The summed E-state index contributed by atoms with van der Waals surface area (Å²) in [5.74, 6) is -0.461. The second-order valence-electron chi connectivity index (χ2n) is 5.23. The highest BCUT2D eigenvalue weighted by Gasteiger charge is 2.36. The molecule has 2 aliphatic heterocycles. The SMILES string of the molecule is O=C1NC(c2ccc(Cl)cc2)S/C1=C1/C(=O)Nc2ccccc21. The lowest BCUT2D eigenvalue weighted by atomic mass is 10.1. The summed E-state index contributed by atoms with van der Waals surface area (Å²) in [6.07, 6.45) is 0. The van der Waals surface area contributed by atoms with Crippen molar-refractivity contribution < 1.29 is 9.59 Å². The first-order chi connectivity index (χ1) is 11.1. The van der Waals surface area contributed by atoms with Crippen LogP contribution in [0.1, 0.15) is 16.5 Å². The van der Waals surface area contributed by atoms with Crippen LogP contribution >= 0.6 is 23.4 Å². The number of fused-ring (bicyclic) bond motifs is 1. The first kappa shape index (κ1) is 14.4. The Labute approximate surface area is 141 Å². The number of nitrogens with one attached hydrogen (secondary N) is 2. The lowest BCUT2D eigenvalue weighted by molar-refractivity contribution is -0.117. The third kappa shape index (κ3) is 2.42. The molecule has 2 aliphatic rings. The van der Waals surface area contributed by atoms with Gasteiger partial charge in [0.15, 0.2) is 0 Å². The van der Waals surface area contributed by atoms with Crippen molar-refractivity contribution in [2.45, 2.75) is 5.37 Å². The average Bonchev–Trinajstić information content (AvgIpc) is 3.07. The van der Waals surface area contributed by atoms with Crippen molar-refractivity contribution in [3.05, 3.63) is 69.6 Å². The van der Waals surface area contributed by atoms with Gasteiger partial charge in [-0.15, -0.1) is 0 Å². The molecule has 2 aromatic carbocycles. The maximum Gasteiger partial charge on any atom is 0.259 e. The number of halogens is 1. The van der Waals surface area contributed by atoms with Crippen LogP contribution in [0.3, 0.4) is 0 Å². The predicted octanol–water partition coefficient (Wildman–Crippen LogP) is 3.57. The molecule has 1 unspecified atom stereocenters. The highest BCUT2D eigenvalue weighted by molar-refractivity contribution is 8.05. The molecule has 0 saturated carbocycles. The van der Waals surface area contributed by atoms with E-state index < -0.39 is 0 Å². The summed E-state index contributed by atoms with van der Waals surface area (Å²) >= 11 is 7.26. The summed E-state index contributed by atoms with van der Waals surface area (Å²) in [7, 11) is 0. The van der Waals surface area contributed by atoms with Crippen molar-refractivity contribution in [3.63, 3.8) is 0 Å². The molecule has 2 N–H and O–H groups in total. The lowest BCUT2D eigenvalue weighted by Gasteiger charge is -2.08. The van der Waals surface area contributed by atoms with Crippen LogP contribution in [0.5, 0.6) is 0 Å². The predicted molar refractivity (Wildman–Crippen MR) is 91.9 cm³/mol. The third-order valence-corrected chi connectivity index (χ3v) is 5.28. The van der Waals surface area contributed by atoms with E-state index in [1.54, 1.807) is 12.1 Å². The third-order valence-electron chi connectivity index (χ3n) is 3.78. The Kier molecular flexibility index (Phi) is 3.39. The molecule has 4 rings (SSSR count). The monoisotopic (exact) mass is 342 g/mol. The summed E-state index contributed by atoms with van der Waals surface area (Å²) in [5, 5.41) is 6.14. The number of carbonyl (C=O) groups excluding carboxylic acids is 2. The zero-order chi connectivity index (χ0) is 16.0. The molecule has 4 nitrogen and oxygen atoms in total. The van der Waals surface area contributed by atoms with Gasteiger partial charge in [0.2, 0.25) is 0 Å². The number of para-hydroxylation sites is 1. The second kappa shape index (κ2) is 5.44. The minimum atomic E-state index is -0.236. The molecule has 2 amide bonds. The largest absolute Gasteiger partial charge is 0.335 e. The van der Waals surface area contributed by atoms with Crippen molar-refractivity contribution in [2.24, 2.45) is 0 Å². The highest BCUT2D eigenvalue weighted by Crippen LogP contribution is 2.45. The van der Waals surface area contributed by atoms with Crippen LogP contribution in [0.15, 0.2) is 53.4 Å². The second-order valence-corrected chi connectivity index (χ2v) is 6.78. The number of rotatable bonds is 1. The van der Waals surface area contributed by atoms with E-state index in [0.717, 1.165) is 16.8 Å². The normalized spacial score (nSPS) is 22.7. The Morgan fingerprint density at radius 2 is 1.70 bits per heavy atom. The van der Waals surface area contributed by atoms with Gasteiger partial charge in [0, 0.05) is 16.3 Å². The van der Waals surface area contributed by atoms with Crippen molar-refractivity contribution in [3.8, 4) is 0 Å². The van der Waals surface area contributed by atoms with Crippen molar-refractivity contribution in [1.82, 2.24) is 5.32 Å². The molecule has 1 saturated heterocycles. The number of thioether (sulfide) groups is 1. The molecule has 0 aliphatic carbocycles. The maximum atomic E-state index is 12.4. The molecule has 6 heteroatoms. The van der Waals surface area contributed by atoms with Crippen LogP contribution in [0.2, 0.25) is 5.02 Å². The summed E-state index contributed by atoms with van der Waals surface area (Å²) in [6, 6.07) is 14.7. The van der Waals surface area contributed by atoms with Crippen LogP contribution in [-0.4, -0.2) is 11.8 Å². The van der Waals surface area contributed by atoms with Gasteiger partial charge in [-0.2, -0.15) is 0 Å². The van der Waals surface area contributed by atoms with E-state index in [4.69, 9.17) is 11.6 Å². The first-order valence-corrected chi connectivity index (χ1v) is 8.27. The highest BCUT2D eigenvalue weighted by atomic mass is 35.5. The average molecular weight is 343 g/mol. The van der Waals surface area contributed by atoms with Crippen LogP contribution in [0.4, 0.5) is 5.69 Å². The molecular weight excluding hydrogens is 332 g/mol. The van der Waals surface area contributed by atoms with E-state index in [0.29, 0.717) is 15.5 Å². The quantitative estimate of drug-likeness (QED) is 0.779. The lowest BCUT2D eigenvalue weighted by Crippen LogP contribution is -2.19. The Bertz CT molecular complexity index is 861. The minimum absolute atomic E-state index is 0.220. The Morgan fingerprint density at radius 1 is 0.957 bits per heavy atom. The van der Waals surface area contributed by atoms with Crippen LogP contribution in [0, 0.1) is 0 Å². The Morgan fingerprint density at radius 3 is 2.48 bits per heavy atom. The van der Waals surface area contributed by atoms with Gasteiger partial charge in [-0.25, -0.2) is 0 Å². The smallest absolute Gasteiger partial charge is 0.259 e. The molecule has 23 heavy (non-hydrogen) atoms.